The van der Waals surface area contributed by atoms with Crippen LogP contribution in [-0.2, 0) is 6.61 Å². The molecule has 0 amide bonds. The predicted molar refractivity (Wildman–Crippen MR) is 52.8 cm³/mol. The number of para-hydroxylation sites is 1. The van der Waals surface area contributed by atoms with Gasteiger partial charge in [-0.2, -0.15) is 0 Å². The summed E-state index contributed by atoms with van der Waals surface area (Å²) < 4.78 is 4.97. The van der Waals surface area contributed by atoms with Gasteiger partial charge in [0.25, 0.3) is 0 Å². The molecule has 0 bridgehead atoms. The van der Waals surface area contributed by atoms with Gasteiger partial charge in [0, 0.05) is 5.39 Å². The average molecular weight is 191 g/mol. The van der Waals surface area contributed by atoms with Gasteiger partial charge in [0.2, 0.25) is 0 Å². The van der Waals surface area contributed by atoms with Crippen LogP contribution in [0.25, 0.3) is 11.0 Å². The molecular formula is C10H9NO3. The topological polar surface area (TPSA) is 76.5 Å². The van der Waals surface area contributed by atoms with E-state index in [9.17, 15) is 4.79 Å². The first-order valence-corrected chi connectivity index (χ1v) is 4.15. The predicted octanol–water partition coefficient (Wildman–Crippen LogP) is 0.868. The molecule has 2 rings (SSSR count). The molecule has 0 saturated carbocycles. The zero-order valence-electron chi connectivity index (χ0n) is 7.36. The maximum atomic E-state index is 11.3. The molecule has 0 spiro atoms. The second-order valence-corrected chi connectivity index (χ2v) is 2.94. The van der Waals surface area contributed by atoms with Crippen LogP contribution >= 0.6 is 0 Å². The number of nitrogens with two attached hydrogens (primary N) is 1. The summed E-state index contributed by atoms with van der Waals surface area (Å²) in [5.41, 5.74) is 5.97. The molecule has 1 aromatic carbocycles. The summed E-state index contributed by atoms with van der Waals surface area (Å²) in [6.07, 6.45) is 0. The molecule has 4 heteroatoms. The minimum absolute atomic E-state index is 0.115. The highest BCUT2D eigenvalue weighted by molar-refractivity contribution is 5.89. The van der Waals surface area contributed by atoms with E-state index in [1.165, 1.54) is 0 Å². The van der Waals surface area contributed by atoms with E-state index in [1.807, 2.05) is 0 Å². The van der Waals surface area contributed by atoms with Crippen molar-refractivity contribution in [3.8, 4) is 0 Å². The molecule has 1 aromatic heterocycles. The van der Waals surface area contributed by atoms with Crippen LogP contribution in [-0.4, -0.2) is 5.11 Å². The van der Waals surface area contributed by atoms with Crippen LogP contribution in [0.5, 0.6) is 0 Å². The molecule has 0 fully saturated rings. The Morgan fingerprint density at radius 2 is 2.07 bits per heavy atom. The Morgan fingerprint density at radius 3 is 2.79 bits per heavy atom. The van der Waals surface area contributed by atoms with Gasteiger partial charge in [-0.05, 0) is 12.1 Å². The van der Waals surface area contributed by atoms with Gasteiger partial charge in [0.15, 0.2) is 0 Å². The van der Waals surface area contributed by atoms with Crippen LogP contribution in [0.1, 0.15) is 5.56 Å². The van der Waals surface area contributed by atoms with Crippen LogP contribution in [0.3, 0.4) is 0 Å². The van der Waals surface area contributed by atoms with E-state index in [0.717, 1.165) is 0 Å². The largest absolute Gasteiger partial charge is 0.422 e. The Hall–Kier alpha value is -1.81. The fourth-order valence-electron chi connectivity index (χ4n) is 1.36. The lowest BCUT2D eigenvalue weighted by molar-refractivity contribution is 0.277. The summed E-state index contributed by atoms with van der Waals surface area (Å²) in [5.74, 6) is 0. The fraction of sp³-hybridized carbons (Fsp3) is 0.100. The highest BCUT2D eigenvalue weighted by atomic mass is 16.4. The standard InChI is InChI=1S/C10H9NO3/c11-9-6-3-1-2-4-8(6)14-10(13)7(9)5-12/h1-4,12H,5,11H2. The number of fused-ring (bicyclic) bond motifs is 1. The molecule has 0 unspecified atom stereocenters. The summed E-state index contributed by atoms with van der Waals surface area (Å²) in [7, 11) is 0. The Labute approximate surface area is 79.6 Å². The van der Waals surface area contributed by atoms with Gasteiger partial charge in [-0.3, -0.25) is 0 Å². The molecule has 3 N–H and O–H groups in total. The Kier molecular flexibility index (Phi) is 1.98. The van der Waals surface area contributed by atoms with Gasteiger partial charge in [-0.15, -0.1) is 0 Å². The molecule has 0 radical (unpaired) electrons. The first kappa shape index (κ1) is 8.77. The molecule has 0 aliphatic rings. The van der Waals surface area contributed by atoms with Crippen molar-refractivity contribution in [1.29, 1.82) is 0 Å². The Balaban J connectivity index is 2.93. The monoisotopic (exact) mass is 191 g/mol. The van der Waals surface area contributed by atoms with Gasteiger partial charge < -0.3 is 15.3 Å². The van der Waals surface area contributed by atoms with Gasteiger partial charge in [-0.25, -0.2) is 4.79 Å². The zero-order chi connectivity index (χ0) is 10.1. The quantitative estimate of drug-likeness (QED) is 0.655. The summed E-state index contributed by atoms with van der Waals surface area (Å²) in [6, 6.07) is 6.95. The number of rotatable bonds is 1. The molecule has 0 aliphatic heterocycles. The number of hydrogen-bond acceptors (Lipinski definition) is 4. The van der Waals surface area contributed by atoms with E-state index < -0.39 is 12.2 Å². The van der Waals surface area contributed by atoms with E-state index in [2.05, 4.69) is 0 Å². The van der Waals surface area contributed by atoms with Gasteiger partial charge in [0.05, 0.1) is 17.9 Å². The molecule has 72 valence electrons. The fourth-order valence-corrected chi connectivity index (χ4v) is 1.36. The number of anilines is 1. The second kappa shape index (κ2) is 3.16. The number of hydrogen-bond donors (Lipinski definition) is 2. The maximum absolute atomic E-state index is 11.3. The lowest BCUT2D eigenvalue weighted by Gasteiger charge is -2.03. The van der Waals surface area contributed by atoms with E-state index in [4.69, 9.17) is 15.3 Å². The van der Waals surface area contributed by atoms with Crippen molar-refractivity contribution in [3.63, 3.8) is 0 Å². The molecule has 4 nitrogen and oxygen atoms in total. The van der Waals surface area contributed by atoms with Crippen molar-refractivity contribution < 1.29 is 9.52 Å². The van der Waals surface area contributed by atoms with Crippen LogP contribution in [0, 0.1) is 0 Å². The smallest absolute Gasteiger partial charge is 0.343 e. The number of aliphatic hydroxyl groups excluding tert-OH is 1. The molecule has 0 atom stereocenters. The van der Waals surface area contributed by atoms with Crippen LogP contribution < -0.4 is 11.4 Å². The van der Waals surface area contributed by atoms with E-state index in [0.29, 0.717) is 16.7 Å². The first-order valence-electron chi connectivity index (χ1n) is 4.15. The van der Waals surface area contributed by atoms with Crippen molar-refractivity contribution in [2.45, 2.75) is 6.61 Å². The van der Waals surface area contributed by atoms with Gasteiger partial charge >= 0.3 is 5.63 Å². The van der Waals surface area contributed by atoms with E-state index in [1.54, 1.807) is 24.3 Å². The second-order valence-electron chi connectivity index (χ2n) is 2.94. The zero-order valence-corrected chi connectivity index (χ0v) is 7.36. The summed E-state index contributed by atoms with van der Waals surface area (Å²) >= 11 is 0. The minimum atomic E-state index is -0.580. The van der Waals surface area contributed by atoms with Crippen molar-refractivity contribution in [2.75, 3.05) is 5.73 Å². The number of benzene rings is 1. The SMILES string of the molecule is Nc1c(CO)c(=O)oc2ccccc12. The molecule has 14 heavy (non-hydrogen) atoms. The van der Waals surface area contributed by atoms with Gasteiger partial charge in [0.1, 0.15) is 5.58 Å². The molecule has 1 heterocycles. The highest BCUT2D eigenvalue weighted by Crippen LogP contribution is 2.21. The third-order valence-electron chi connectivity index (χ3n) is 2.11. The lowest BCUT2D eigenvalue weighted by Crippen LogP contribution is -2.11. The Morgan fingerprint density at radius 1 is 1.36 bits per heavy atom. The Bertz CT molecular complexity index is 530. The average Bonchev–Trinajstić information content (AvgIpc) is 2.18. The summed E-state index contributed by atoms with van der Waals surface area (Å²) in [5, 5.41) is 9.57. The van der Waals surface area contributed by atoms with E-state index >= 15 is 0 Å². The normalized spacial score (nSPS) is 10.6. The molecule has 0 saturated heterocycles. The van der Waals surface area contributed by atoms with Crippen molar-refractivity contribution in [1.82, 2.24) is 0 Å². The van der Waals surface area contributed by atoms with Crippen molar-refractivity contribution >= 4 is 16.7 Å². The highest BCUT2D eigenvalue weighted by Gasteiger charge is 2.09. The minimum Gasteiger partial charge on any atom is -0.422 e. The van der Waals surface area contributed by atoms with E-state index in [-0.39, 0.29) is 5.56 Å². The van der Waals surface area contributed by atoms with Crippen molar-refractivity contribution in [2.24, 2.45) is 0 Å². The third kappa shape index (κ3) is 1.16. The van der Waals surface area contributed by atoms with Crippen LogP contribution in [0.2, 0.25) is 0 Å². The third-order valence-corrected chi connectivity index (χ3v) is 2.11. The van der Waals surface area contributed by atoms with Crippen LogP contribution in [0.4, 0.5) is 5.69 Å². The number of aliphatic hydroxyl groups is 1. The first-order chi connectivity index (χ1) is 6.74. The summed E-state index contributed by atoms with van der Waals surface area (Å²) in [4.78, 5) is 11.3. The summed E-state index contributed by atoms with van der Waals surface area (Å²) in [6.45, 7) is -0.404. The van der Waals surface area contributed by atoms with Crippen molar-refractivity contribution in [3.05, 3.63) is 40.2 Å². The molecule has 2 aromatic rings. The maximum Gasteiger partial charge on any atom is 0.343 e. The van der Waals surface area contributed by atoms with Gasteiger partial charge in [-0.1, -0.05) is 12.1 Å². The molecular weight excluding hydrogens is 182 g/mol. The molecule has 0 aliphatic carbocycles. The van der Waals surface area contributed by atoms with Crippen LogP contribution in [0.15, 0.2) is 33.5 Å². The lowest BCUT2D eigenvalue weighted by atomic mass is 10.1. The number of nitrogen functional groups attached to an aromatic ring is 1.